The van der Waals surface area contributed by atoms with Crippen molar-refractivity contribution in [2.75, 3.05) is 13.1 Å². The van der Waals surface area contributed by atoms with E-state index in [1.165, 1.54) is 6.92 Å². The van der Waals surface area contributed by atoms with E-state index in [2.05, 4.69) is 10.6 Å². The number of hydrogen-bond donors (Lipinski definition) is 3. The van der Waals surface area contributed by atoms with E-state index >= 15 is 0 Å². The molecule has 1 rings (SSSR count). The fourth-order valence-electron chi connectivity index (χ4n) is 1.43. The van der Waals surface area contributed by atoms with Gasteiger partial charge in [0.2, 0.25) is 5.91 Å². The third-order valence-electron chi connectivity index (χ3n) is 2.79. The molecular weight excluding hydrogens is 260 g/mol. The second-order valence-electron chi connectivity index (χ2n) is 4.47. The van der Waals surface area contributed by atoms with Crippen LogP contribution in [-0.4, -0.2) is 36.0 Å². The smallest absolute Gasteiger partial charge is 0.315 e. The van der Waals surface area contributed by atoms with Crippen molar-refractivity contribution in [1.82, 2.24) is 10.6 Å². The topological polar surface area (TPSA) is 95.5 Å². The number of benzene rings is 1. The van der Waals surface area contributed by atoms with Crippen molar-refractivity contribution in [3.05, 3.63) is 35.4 Å². The second kappa shape index (κ2) is 7.28. The first kappa shape index (κ1) is 15.7. The highest BCUT2D eigenvalue weighted by Crippen LogP contribution is 2.02. The standard InChI is InChI=1S/C14H18N2O4/c1-9-3-5-11(6-4-9)13(18)16-8-7-15-12(17)10(2)14(19)20/h3-6,10H,7-8H2,1-2H3,(H,15,17)(H,16,18)(H,19,20). The third kappa shape index (κ3) is 4.72. The molecule has 3 N–H and O–H groups in total. The predicted octanol–water partition coefficient (Wildman–Crippen LogP) is 0.562. The van der Waals surface area contributed by atoms with Gasteiger partial charge in [0.15, 0.2) is 0 Å². The first-order chi connectivity index (χ1) is 9.41. The SMILES string of the molecule is Cc1ccc(C(=O)NCCNC(=O)C(C)C(=O)O)cc1. The largest absolute Gasteiger partial charge is 0.481 e. The lowest BCUT2D eigenvalue weighted by molar-refractivity contribution is -0.146. The summed E-state index contributed by atoms with van der Waals surface area (Å²) in [5.41, 5.74) is 1.61. The number of hydrogen-bond acceptors (Lipinski definition) is 3. The highest BCUT2D eigenvalue weighted by Gasteiger charge is 2.19. The molecule has 6 heteroatoms. The monoisotopic (exact) mass is 278 g/mol. The van der Waals surface area contributed by atoms with Gasteiger partial charge in [0.05, 0.1) is 0 Å². The van der Waals surface area contributed by atoms with Gasteiger partial charge in [-0.3, -0.25) is 14.4 Å². The first-order valence-electron chi connectivity index (χ1n) is 6.27. The minimum absolute atomic E-state index is 0.189. The normalized spacial score (nSPS) is 11.5. The minimum atomic E-state index is -1.17. The summed E-state index contributed by atoms with van der Waals surface area (Å²) in [6, 6.07) is 7.11. The van der Waals surface area contributed by atoms with E-state index in [9.17, 15) is 14.4 Å². The lowest BCUT2D eigenvalue weighted by atomic mass is 10.1. The Morgan fingerprint density at radius 1 is 1.10 bits per heavy atom. The van der Waals surface area contributed by atoms with Crippen molar-refractivity contribution in [3.63, 3.8) is 0 Å². The molecule has 0 radical (unpaired) electrons. The summed E-state index contributed by atoms with van der Waals surface area (Å²) in [5, 5.41) is 13.7. The van der Waals surface area contributed by atoms with E-state index in [0.29, 0.717) is 5.56 Å². The number of carbonyl (C=O) groups is 3. The van der Waals surface area contributed by atoms with Gasteiger partial charge in [0.1, 0.15) is 5.92 Å². The zero-order chi connectivity index (χ0) is 15.1. The molecule has 0 aliphatic rings. The zero-order valence-electron chi connectivity index (χ0n) is 11.5. The van der Waals surface area contributed by atoms with Crippen molar-refractivity contribution in [1.29, 1.82) is 0 Å². The average Bonchev–Trinajstić information content (AvgIpc) is 2.42. The molecule has 0 bridgehead atoms. The van der Waals surface area contributed by atoms with Gasteiger partial charge in [-0.25, -0.2) is 0 Å². The number of carboxylic acids is 1. The maximum atomic E-state index is 11.7. The summed E-state index contributed by atoms with van der Waals surface area (Å²) in [6.07, 6.45) is 0. The summed E-state index contributed by atoms with van der Waals surface area (Å²) < 4.78 is 0. The number of carboxylic acid groups (broad SMARTS) is 1. The molecule has 0 aliphatic heterocycles. The molecule has 1 aromatic rings. The lowest BCUT2D eigenvalue weighted by Gasteiger charge is -2.09. The molecule has 20 heavy (non-hydrogen) atoms. The summed E-state index contributed by atoms with van der Waals surface area (Å²) >= 11 is 0. The van der Waals surface area contributed by atoms with Crippen LogP contribution in [0.2, 0.25) is 0 Å². The molecule has 2 amide bonds. The van der Waals surface area contributed by atoms with Crippen LogP contribution in [-0.2, 0) is 9.59 Å². The molecule has 1 aromatic carbocycles. The van der Waals surface area contributed by atoms with Gasteiger partial charge in [-0.15, -0.1) is 0 Å². The van der Waals surface area contributed by atoms with Gasteiger partial charge in [-0.2, -0.15) is 0 Å². The van der Waals surface area contributed by atoms with E-state index in [4.69, 9.17) is 5.11 Å². The Morgan fingerprint density at radius 2 is 1.65 bits per heavy atom. The van der Waals surface area contributed by atoms with Gasteiger partial charge in [-0.1, -0.05) is 17.7 Å². The molecule has 1 unspecified atom stereocenters. The quantitative estimate of drug-likeness (QED) is 0.523. The summed E-state index contributed by atoms with van der Waals surface area (Å²) in [4.78, 5) is 33.6. The molecule has 0 saturated carbocycles. The van der Waals surface area contributed by atoms with Gasteiger partial charge in [-0.05, 0) is 26.0 Å². The van der Waals surface area contributed by atoms with Gasteiger partial charge in [0, 0.05) is 18.7 Å². The number of rotatable bonds is 6. The van der Waals surface area contributed by atoms with Crippen LogP contribution in [0, 0.1) is 12.8 Å². The van der Waals surface area contributed by atoms with Crippen LogP contribution >= 0.6 is 0 Å². The molecule has 0 aliphatic carbocycles. The molecule has 1 atom stereocenters. The number of aryl methyl sites for hydroxylation is 1. The van der Waals surface area contributed by atoms with Crippen LogP contribution in [0.1, 0.15) is 22.8 Å². The summed E-state index contributed by atoms with van der Waals surface area (Å²) in [7, 11) is 0. The Kier molecular flexibility index (Phi) is 5.71. The number of carbonyl (C=O) groups excluding carboxylic acids is 2. The molecule has 0 heterocycles. The second-order valence-corrected chi connectivity index (χ2v) is 4.47. The fraction of sp³-hybridized carbons (Fsp3) is 0.357. The molecule has 6 nitrogen and oxygen atoms in total. The average molecular weight is 278 g/mol. The Hall–Kier alpha value is -2.37. The van der Waals surface area contributed by atoms with Crippen LogP contribution in [0.25, 0.3) is 0 Å². The molecule has 0 spiro atoms. The van der Waals surface area contributed by atoms with E-state index in [0.717, 1.165) is 5.56 Å². The highest BCUT2D eigenvalue weighted by atomic mass is 16.4. The van der Waals surface area contributed by atoms with Gasteiger partial charge < -0.3 is 15.7 Å². The van der Waals surface area contributed by atoms with Crippen molar-refractivity contribution < 1.29 is 19.5 Å². The Balaban J connectivity index is 2.31. The Labute approximate surface area is 117 Å². The van der Waals surface area contributed by atoms with Crippen LogP contribution in [0.4, 0.5) is 0 Å². The predicted molar refractivity (Wildman–Crippen MR) is 73.3 cm³/mol. The van der Waals surface area contributed by atoms with Crippen LogP contribution in [0.15, 0.2) is 24.3 Å². The first-order valence-corrected chi connectivity index (χ1v) is 6.27. The number of aliphatic carboxylic acids is 1. The molecule has 0 aromatic heterocycles. The fourth-order valence-corrected chi connectivity index (χ4v) is 1.43. The molecule has 0 saturated heterocycles. The van der Waals surface area contributed by atoms with Crippen LogP contribution in [0.3, 0.4) is 0 Å². The van der Waals surface area contributed by atoms with E-state index in [1.54, 1.807) is 12.1 Å². The van der Waals surface area contributed by atoms with Crippen LogP contribution in [0.5, 0.6) is 0 Å². The zero-order valence-corrected chi connectivity index (χ0v) is 11.5. The van der Waals surface area contributed by atoms with Crippen molar-refractivity contribution in [2.24, 2.45) is 5.92 Å². The highest BCUT2D eigenvalue weighted by molar-refractivity contribution is 5.96. The maximum Gasteiger partial charge on any atom is 0.315 e. The van der Waals surface area contributed by atoms with E-state index in [1.807, 2.05) is 19.1 Å². The molecule has 0 fully saturated rings. The van der Waals surface area contributed by atoms with Crippen LogP contribution < -0.4 is 10.6 Å². The third-order valence-corrected chi connectivity index (χ3v) is 2.79. The minimum Gasteiger partial charge on any atom is -0.481 e. The number of amides is 2. The van der Waals surface area contributed by atoms with E-state index < -0.39 is 17.8 Å². The molecular formula is C14H18N2O4. The molecule has 108 valence electrons. The van der Waals surface area contributed by atoms with Gasteiger partial charge in [0.25, 0.3) is 5.91 Å². The summed E-state index contributed by atoms with van der Waals surface area (Å²) in [5.74, 6) is -3.07. The lowest BCUT2D eigenvalue weighted by Crippen LogP contribution is -2.38. The van der Waals surface area contributed by atoms with Gasteiger partial charge >= 0.3 is 5.97 Å². The Bertz CT molecular complexity index is 496. The Morgan fingerprint density at radius 3 is 2.20 bits per heavy atom. The van der Waals surface area contributed by atoms with Crippen molar-refractivity contribution in [2.45, 2.75) is 13.8 Å². The van der Waals surface area contributed by atoms with Crippen molar-refractivity contribution in [3.8, 4) is 0 Å². The number of nitrogens with one attached hydrogen (secondary N) is 2. The van der Waals surface area contributed by atoms with Crippen molar-refractivity contribution >= 4 is 17.8 Å². The van der Waals surface area contributed by atoms with E-state index in [-0.39, 0.29) is 19.0 Å². The summed E-state index contributed by atoms with van der Waals surface area (Å²) in [6.45, 7) is 3.67. The maximum absolute atomic E-state index is 11.7.